The third-order valence-electron chi connectivity index (χ3n) is 1.86. The molecule has 0 heterocycles. The molecule has 0 rings (SSSR count). The highest BCUT2D eigenvalue weighted by atomic mass is 16.3. The molecule has 3 heteroatoms. The van der Waals surface area contributed by atoms with E-state index < -0.39 is 11.5 Å². The molecule has 0 fully saturated rings. The normalized spacial score (nSPS) is 14.5. The Balaban J connectivity index is 4.24. The quantitative estimate of drug-likeness (QED) is 0.580. The summed E-state index contributed by atoms with van der Waals surface area (Å²) in [5.74, 6) is -0.137. The van der Waals surface area contributed by atoms with Crippen molar-refractivity contribution in [2.45, 2.75) is 26.9 Å². The number of hydrogen-bond acceptors (Lipinski definition) is 2. The van der Waals surface area contributed by atoms with Crippen LogP contribution in [0.5, 0.6) is 0 Å². The molecule has 1 unspecified atom stereocenters. The highest BCUT2D eigenvalue weighted by molar-refractivity contribution is 5.82. The molecule has 0 aromatic rings. The van der Waals surface area contributed by atoms with Crippen molar-refractivity contribution in [1.29, 1.82) is 0 Å². The van der Waals surface area contributed by atoms with Gasteiger partial charge in [-0.1, -0.05) is 0 Å². The van der Waals surface area contributed by atoms with Crippen molar-refractivity contribution in [2.24, 2.45) is 5.41 Å². The predicted octanol–water partition coefficient (Wildman–Crippen LogP) is 0.139. The van der Waals surface area contributed by atoms with Crippen LogP contribution >= 0.6 is 0 Å². The topological polar surface area (TPSA) is 49.3 Å². The van der Waals surface area contributed by atoms with Crippen LogP contribution in [0.1, 0.15) is 20.8 Å². The summed E-state index contributed by atoms with van der Waals surface area (Å²) in [5, 5.41) is 11.6. The standard InChI is InChI=1S/C7H15NO2/c1-5(9)7(2,3)6(10)8-4/h5,9H,1-4H3,(H,8,10). The summed E-state index contributed by atoms with van der Waals surface area (Å²) in [6.07, 6.45) is -0.618. The first-order valence-electron chi connectivity index (χ1n) is 3.33. The summed E-state index contributed by atoms with van der Waals surface area (Å²) >= 11 is 0. The lowest BCUT2D eigenvalue weighted by molar-refractivity contribution is -0.134. The van der Waals surface area contributed by atoms with E-state index in [1.807, 2.05) is 0 Å². The maximum Gasteiger partial charge on any atom is 0.228 e. The zero-order valence-electron chi connectivity index (χ0n) is 6.93. The van der Waals surface area contributed by atoms with Gasteiger partial charge >= 0.3 is 0 Å². The summed E-state index contributed by atoms with van der Waals surface area (Å²) in [7, 11) is 1.56. The molecule has 0 bridgehead atoms. The molecule has 10 heavy (non-hydrogen) atoms. The number of nitrogens with one attached hydrogen (secondary N) is 1. The molecule has 60 valence electrons. The van der Waals surface area contributed by atoms with Gasteiger partial charge in [-0.3, -0.25) is 4.79 Å². The van der Waals surface area contributed by atoms with E-state index in [1.54, 1.807) is 27.8 Å². The molecular weight excluding hydrogens is 130 g/mol. The molecule has 0 aromatic carbocycles. The van der Waals surface area contributed by atoms with Gasteiger partial charge in [0.1, 0.15) is 0 Å². The number of amides is 1. The number of aliphatic hydroxyl groups is 1. The lowest BCUT2D eigenvalue weighted by Gasteiger charge is -2.25. The van der Waals surface area contributed by atoms with Crippen LogP contribution in [0.15, 0.2) is 0 Å². The van der Waals surface area contributed by atoms with Crippen LogP contribution in [0.3, 0.4) is 0 Å². The largest absolute Gasteiger partial charge is 0.392 e. The van der Waals surface area contributed by atoms with E-state index in [2.05, 4.69) is 5.32 Å². The molecule has 0 radical (unpaired) electrons. The predicted molar refractivity (Wildman–Crippen MR) is 39.5 cm³/mol. The number of carbonyl (C=O) groups excluding carboxylic acids is 1. The average Bonchev–Trinajstić information content (AvgIpc) is 1.86. The summed E-state index contributed by atoms with van der Waals surface area (Å²) in [6, 6.07) is 0. The second-order valence-electron chi connectivity index (χ2n) is 2.98. The number of carbonyl (C=O) groups is 1. The second kappa shape index (κ2) is 3.01. The van der Waals surface area contributed by atoms with Crippen LogP contribution in [-0.2, 0) is 4.79 Å². The smallest absolute Gasteiger partial charge is 0.228 e. The molecule has 0 saturated heterocycles. The van der Waals surface area contributed by atoms with Gasteiger partial charge in [-0.15, -0.1) is 0 Å². The molecule has 3 nitrogen and oxygen atoms in total. The van der Waals surface area contributed by atoms with Crippen molar-refractivity contribution in [3.8, 4) is 0 Å². The minimum atomic E-state index is -0.686. The maximum atomic E-state index is 11.0. The first-order chi connectivity index (χ1) is 4.42. The Hall–Kier alpha value is -0.570. The minimum Gasteiger partial charge on any atom is -0.392 e. The number of hydrogen-bond donors (Lipinski definition) is 2. The first kappa shape index (κ1) is 9.43. The SMILES string of the molecule is CNC(=O)C(C)(C)C(C)O. The van der Waals surface area contributed by atoms with Gasteiger partial charge in [0.05, 0.1) is 11.5 Å². The second-order valence-corrected chi connectivity index (χ2v) is 2.98. The van der Waals surface area contributed by atoms with Crippen molar-refractivity contribution in [3.05, 3.63) is 0 Å². The van der Waals surface area contributed by atoms with E-state index >= 15 is 0 Å². The van der Waals surface area contributed by atoms with E-state index in [0.717, 1.165) is 0 Å². The molecule has 0 spiro atoms. The minimum absolute atomic E-state index is 0.137. The Morgan fingerprint density at radius 3 is 2.10 bits per heavy atom. The highest BCUT2D eigenvalue weighted by Gasteiger charge is 2.31. The van der Waals surface area contributed by atoms with E-state index in [1.165, 1.54) is 0 Å². The van der Waals surface area contributed by atoms with Crippen molar-refractivity contribution in [3.63, 3.8) is 0 Å². The molecule has 0 aliphatic heterocycles. The van der Waals surface area contributed by atoms with Gasteiger partial charge in [0.2, 0.25) is 5.91 Å². The van der Waals surface area contributed by atoms with E-state index in [4.69, 9.17) is 5.11 Å². The van der Waals surface area contributed by atoms with Gasteiger partial charge in [-0.2, -0.15) is 0 Å². The van der Waals surface area contributed by atoms with E-state index in [9.17, 15) is 4.79 Å². The molecule has 0 aliphatic rings. The van der Waals surface area contributed by atoms with E-state index in [-0.39, 0.29) is 5.91 Å². The highest BCUT2D eigenvalue weighted by Crippen LogP contribution is 2.19. The first-order valence-corrected chi connectivity index (χ1v) is 3.33. The van der Waals surface area contributed by atoms with Crippen molar-refractivity contribution < 1.29 is 9.90 Å². The van der Waals surface area contributed by atoms with Crippen molar-refractivity contribution >= 4 is 5.91 Å². The summed E-state index contributed by atoms with van der Waals surface area (Å²) in [5.41, 5.74) is -0.686. The van der Waals surface area contributed by atoms with Crippen molar-refractivity contribution in [1.82, 2.24) is 5.32 Å². The van der Waals surface area contributed by atoms with Gasteiger partial charge in [0.15, 0.2) is 0 Å². The molecule has 1 atom stereocenters. The third kappa shape index (κ3) is 1.70. The van der Waals surface area contributed by atoms with Gasteiger partial charge in [0, 0.05) is 7.05 Å². The molecule has 0 saturated carbocycles. The lowest BCUT2D eigenvalue weighted by Crippen LogP contribution is -2.41. The molecular formula is C7H15NO2. The fourth-order valence-corrected chi connectivity index (χ4v) is 0.512. The van der Waals surface area contributed by atoms with Crippen molar-refractivity contribution in [2.75, 3.05) is 7.05 Å². The van der Waals surface area contributed by atoms with Crippen LogP contribution < -0.4 is 5.32 Å². The maximum absolute atomic E-state index is 11.0. The lowest BCUT2D eigenvalue weighted by atomic mass is 9.87. The van der Waals surface area contributed by atoms with Gasteiger partial charge in [-0.25, -0.2) is 0 Å². The Bertz CT molecular complexity index is 130. The zero-order valence-corrected chi connectivity index (χ0v) is 6.93. The van der Waals surface area contributed by atoms with Gasteiger partial charge in [-0.05, 0) is 20.8 Å². The fourth-order valence-electron chi connectivity index (χ4n) is 0.512. The van der Waals surface area contributed by atoms with Crippen LogP contribution in [0.4, 0.5) is 0 Å². The Labute approximate surface area is 61.4 Å². The molecule has 2 N–H and O–H groups in total. The van der Waals surface area contributed by atoms with E-state index in [0.29, 0.717) is 0 Å². The van der Waals surface area contributed by atoms with Crippen LogP contribution in [0, 0.1) is 5.41 Å². The third-order valence-corrected chi connectivity index (χ3v) is 1.86. The zero-order chi connectivity index (χ0) is 8.36. The molecule has 0 aromatic heterocycles. The Morgan fingerprint density at radius 2 is 2.00 bits per heavy atom. The number of aliphatic hydroxyl groups excluding tert-OH is 1. The molecule has 1 amide bonds. The van der Waals surface area contributed by atoms with Crippen LogP contribution in [0.25, 0.3) is 0 Å². The Kier molecular flexibility index (Phi) is 2.84. The average molecular weight is 145 g/mol. The van der Waals surface area contributed by atoms with Crippen LogP contribution in [0.2, 0.25) is 0 Å². The monoisotopic (exact) mass is 145 g/mol. The van der Waals surface area contributed by atoms with Gasteiger partial charge in [0.25, 0.3) is 0 Å². The summed E-state index contributed by atoms with van der Waals surface area (Å²) in [6.45, 7) is 5.02. The summed E-state index contributed by atoms with van der Waals surface area (Å²) in [4.78, 5) is 11.0. The number of rotatable bonds is 2. The van der Waals surface area contributed by atoms with Gasteiger partial charge < -0.3 is 10.4 Å². The van der Waals surface area contributed by atoms with Crippen LogP contribution in [-0.4, -0.2) is 24.2 Å². The Morgan fingerprint density at radius 1 is 1.60 bits per heavy atom. The fraction of sp³-hybridized carbons (Fsp3) is 0.857. The summed E-state index contributed by atoms with van der Waals surface area (Å²) < 4.78 is 0. The molecule has 0 aliphatic carbocycles.